The molecule has 2 aromatic rings. The Kier molecular flexibility index (Phi) is 3.97. The van der Waals surface area contributed by atoms with E-state index in [1.807, 2.05) is 12.1 Å². The average Bonchev–Trinajstić information content (AvgIpc) is 2.95. The van der Waals surface area contributed by atoms with Crippen LogP contribution in [0.5, 0.6) is 17.2 Å². The van der Waals surface area contributed by atoms with Crippen LogP contribution in [0.2, 0.25) is 0 Å². The smallest absolute Gasteiger partial charge is 0.231 e. The minimum atomic E-state index is 0.219. The molecule has 0 fully saturated rings. The van der Waals surface area contributed by atoms with Crippen LogP contribution in [0.1, 0.15) is 24.0 Å². The fourth-order valence-corrected chi connectivity index (χ4v) is 2.44. The molecular weight excluding hydrogens is 266 g/mol. The van der Waals surface area contributed by atoms with Gasteiger partial charge < -0.3 is 19.9 Å². The summed E-state index contributed by atoms with van der Waals surface area (Å²) < 4.78 is 10.6. The van der Waals surface area contributed by atoms with Gasteiger partial charge in [0, 0.05) is 24.7 Å². The molecule has 4 heteroatoms. The monoisotopic (exact) mass is 285 g/mol. The minimum absolute atomic E-state index is 0.219. The molecule has 21 heavy (non-hydrogen) atoms. The highest BCUT2D eigenvalue weighted by molar-refractivity contribution is 5.51. The van der Waals surface area contributed by atoms with Crippen LogP contribution in [0, 0.1) is 0 Å². The van der Waals surface area contributed by atoms with E-state index in [1.165, 1.54) is 5.56 Å². The number of ether oxygens (including phenoxy) is 2. The molecule has 0 aliphatic carbocycles. The summed E-state index contributed by atoms with van der Waals surface area (Å²) in [7, 11) is 0. The van der Waals surface area contributed by atoms with Crippen LogP contribution in [0.4, 0.5) is 0 Å². The van der Waals surface area contributed by atoms with E-state index in [4.69, 9.17) is 9.47 Å². The van der Waals surface area contributed by atoms with Gasteiger partial charge in [0.1, 0.15) is 5.75 Å². The van der Waals surface area contributed by atoms with E-state index in [0.717, 1.165) is 12.1 Å². The standard InChI is InChI=1S/C17H19NO3/c1-12(13-5-3-2-4-6-13)9-18-10-14-7-16-17(8-15(14)19)21-11-20-16/h2-8,12,18-19H,9-11H2,1H3. The fourth-order valence-electron chi connectivity index (χ4n) is 2.44. The largest absolute Gasteiger partial charge is 0.507 e. The van der Waals surface area contributed by atoms with Crippen LogP contribution in [-0.2, 0) is 6.54 Å². The Morgan fingerprint density at radius 2 is 1.86 bits per heavy atom. The van der Waals surface area contributed by atoms with Crippen LogP contribution in [0.25, 0.3) is 0 Å². The Balaban J connectivity index is 1.58. The van der Waals surface area contributed by atoms with Gasteiger partial charge in [0.25, 0.3) is 0 Å². The van der Waals surface area contributed by atoms with E-state index in [0.29, 0.717) is 24.0 Å². The molecule has 1 heterocycles. The van der Waals surface area contributed by atoms with Gasteiger partial charge in [0.15, 0.2) is 11.5 Å². The van der Waals surface area contributed by atoms with E-state index >= 15 is 0 Å². The maximum atomic E-state index is 9.98. The van der Waals surface area contributed by atoms with Gasteiger partial charge in [-0.1, -0.05) is 37.3 Å². The van der Waals surface area contributed by atoms with Crippen molar-refractivity contribution in [3.63, 3.8) is 0 Å². The summed E-state index contributed by atoms with van der Waals surface area (Å²) in [6, 6.07) is 13.8. The van der Waals surface area contributed by atoms with E-state index in [1.54, 1.807) is 6.07 Å². The molecule has 3 rings (SSSR count). The lowest BCUT2D eigenvalue weighted by molar-refractivity contribution is 0.174. The van der Waals surface area contributed by atoms with Gasteiger partial charge in [0.2, 0.25) is 6.79 Å². The second-order valence-corrected chi connectivity index (χ2v) is 5.28. The Morgan fingerprint density at radius 3 is 2.62 bits per heavy atom. The summed E-state index contributed by atoms with van der Waals surface area (Å²) in [5, 5.41) is 13.4. The fraction of sp³-hybridized carbons (Fsp3) is 0.294. The second kappa shape index (κ2) is 6.06. The Morgan fingerprint density at radius 1 is 1.14 bits per heavy atom. The lowest BCUT2D eigenvalue weighted by Gasteiger charge is -2.14. The van der Waals surface area contributed by atoms with Crippen LogP contribution in [0.3, 0.4) is 0 Å². The van der Waals surface area contributed by atoms with Gasteiger partial charge in [-0.05, 0) is 17.5 Å². The van der Waals surface area contributed by atoms with Crippen molar-refractivity contribution in [1.82, 2.24) is 5.32 Å². The summed E-state index contributed by atoms with van der Waals surface area (Å²) in [4.78, 5) is 0. The third kappa shape index (κ3) is 3.11. The number of hydrogen-bond donors (Lipinski definition) is 2. The van der Waals surface area contributed by atoms with Gasteiger partial charge in [-0.3, -0.25) is 0 Å². The second-order valence-electron chi connectivity index (χ2n) is 5.28. The highest BCUT2D eigenvalue weighted by Crippen LogP contribution is 2.37. The van der Waals surface area contributed by atoms with Crippen LogP contribution in [0.15, 0.2) is 42.5 Å². The first-order chi connectivity index (χ1) is 10.2. The first-order valence-corrected chi connectivity index (χ1v) is 7.11. The van der Waals surface area contributed by atoms with Crippen molar-refractivity contribution in [2.75, 3.05) is 13.3 Å². The molecule has 4 nitrogen and oxygen atoms in total. The molecule has 0 saturated carbocycles. The molecule has 0 bridgehead atoms. The normalized spacial score (nSPS) is 14.1. The SMILES string of the molecule is CC(CNCc1cc2c(cc1O)OCO2)c1ccccc1. The Bertz CT molecular complexity index is 613. The van der Waals surface area contributed by atoms with E-state index in [-0.39, 0.29) is 12.5 Å². The average molecular weight is 285 g/mol. The van der Waals surface area contributed by atoms with Crippen LogP contribution in [-0.4, -0.2) is 18.4 Å². The zero-order chi connectivity index (χ0) is 14.7. The molecule has 1 unspecified atom stereocenters. The Labute approximate surface area is 124 Å². The van der Waals surface area contributed by atoms with Crippen LogP contribution >= 0.6 is 0 Å². The number of benzene rings is 2. The predicted octanol–water partition coefficient (Wildman–Crippen LogP) is 3.01. The van der Waals surface area contributed by atoms with E-state index < -0.39 is 0 Å². The van der Waals surface area contributed by atoms with E-state index in [2.05, 4.69) is 36.5 Å². The third-order valence-corrected chi connectivity index (χ3v) is 3.71. The molecular formula is C17H19NO3. The molecule has 0 radical (unpaired) electrons. The number of aromatic hydroxyl groups is 1. The topological polar surface area (TPSA) is 50.7 Å². The molecule has 2 N–H and O–H groups in total. The first-order valence-electron chi connectivity index (χ1n) is 7.11. The maximum absolute atomic E-state index is 9.98. The van der Waals surface area contributed by atoms with Gasteiger partial charge in [-0.25, -0.2) is 0 Å². The number of phenols is 1. The van der Waals surface area contributed by atoms with Crippen molar-refractivity contribution in [2.45, 2.75) is 19.4 Å². The molecule has 2 aromatic carbocycles. The third-order valence-electron chi connectivity index (χ3n) is 3.71. The van der Waals surface area contributed by atoms with Gasteiger partial charge >= 0.3 is 0 Å². The lowest BCUT2D eigenvalue weighted by atomic mass is 10.0. The number of phenolic OH excluding ortho intramolecular Hbond substituents is 1. The van der Waals surface area contributed by atoms with Crippen LogP contribution < -0.4 is 14.8 Å². The van der Waals surface area contributed by atoms with Gasteiger partial charge in [0.05, 0.1) is 0 Å². The number of hydrogen-bond acceptors (Lipinski definition) is 4. The first kappa shape index (κ1) is 13.8. The zero-order valence-electron chi connectivity index (χ0n) is 12.0. The summed E-state index contributed by atoms with van der Waals surface area (Å²) in [5.74, 6) is 1.95. The van der Waals surface area contributed by atoms with Crippen molar-refractivity contribution in [3.05, 3.63) is 53.6 Å². The zero-order valence-corrected chi connectivity index (χ0v) is 12.0. The predicted molar refractivity (Wildman–Crippen MR) is 80.8 cm³/mol. The van der Waals surface area contributed by atoms with Crippen molar-refractivity contribution in [3.8, 4) is 17.2 Å². The summed E-state index contributed by atoms with van der Waals surface area (Å²) >= 11 is 0. The number of nitrogens with one attached hydrogen (secondary N) is 1. The summed E-state index contributed by atoms with van der Waals surface area (Å²) in [6.07, 6.45) is 0. The Hall–Kier alpha value is -2.20. The highest BCUT2D eigenvalue weighted by Gasteiger charge is 2.16. The van der Waals surface area contributed by atoms with Crippen molar-refractivity contribution < 1.29 is 14.6 Å². The van der Waals surface area contributed by atoms with Crippen molar-refractivity contribution >= 4 is 0 Å². The summed E-state index contributed by atoms with van der Waals surface area (Å²) in [5.41, 5.74) is 2.12. The number of fused-ring (bicyclic) bond motifs is 1. The molecule has 110 valence electrons. The van der Waals surface area contributed by atoms with Crippen molar-refractivity contribution in [2.24, 2.45) is 0 Å². The molecule has 1 aliphatic heterocycles. The molecule has 0 saturated heterocycles. The van der Waals surface area contributed by atoms with Crippen molar-refractivity contribution in [1.29, 1.82) is 0 Å². The quantitative estimate of drug-likeness (QED) is 0.886. The molecule has 0 spiro atoms. The van der Waals surface area contributed by atoms with Gasteiger partial charge in [-0.2, -0.15) is 0 Å². The molecule has 1 aliphatic rings. The number of rotatable bonds is 5. The molecule has 0 amide bonds. The molecule has 0 aromatic heterocycles. The summed E-state index contributed by atoms with van der Waals surface area (Å²) in [6.45, 7) is 3.84. The van der Waals surface area contributed by atoms with Gasteiger partial charge in [-0.15, -0.1) is 0 Å². The highest BCUT2D eigenvalue weighted by atomic mass is 16.7. The van der Waals surface area contributed by atoms with E-state index in [9.17, 15) is 5.11 Å². The lowest BCUT2D eigenvalue weighted by Crippen LogP contribution is -2.19. The minimum Gasteiger partial charge on any atom is -0.507 e. The molecule has 1 atom stereocenters. The maximum Gasteiger partial charge on any atom is 0.231 e.